The van der Waals surface area contributed by atoms with E-state index in [0.717, 1.165) is 24.8 Å². The predicted octanol–water partition coefficient (Wildman–Crippen LogP) is 3.74. The zero-order valence-corrected chi connectivity index (χ0v) is 34.6. The Kier molecular flexibility index (Phi) is 19.4. The highest BCUT2D eigenvalue weighted by atomic mass is 16.5. The molecule has 1 aromatic carbocycles. The minimum Gasteiger partial charge on any atom is -0.394 e. The first-order valence-electron chi connectivity index (χ1n) is 19.6. The lowest BCUT2D eigenvalue weighted by molar-refractivity contribution is -0.147. The maximum absolute atomic E-state index is 14.2. The third kappa shape index (κ3) is 13.0. The first-order valence-corrected chi connectivity index (χ1v) is 19.6. The van der Waals surface area contributed by atoms with E-state index < -0.39 is 30.1 Å². The molecule has 12 nitrogen and oxygen atoms in total. The third-order valence-corrected chi connectivity index (χ3v) is 11.0. The molecule has 0 saturated carbocycles. The van der Waals surface area contributed by atoms with Gasteiger partial charge in [0.05, 0.1) is 49.4 Å². The van der Waals surface area contributed by atoms with Crippen LogP contribution in [0.15, 0.2) is 30.3 Å². The van der Waals surface area contributed by atoms with Gasteiger partial charge in [-0.1, -0.05) is 85.2 Å². The van der Waals surface area contributed by atoms with Gasteiger partial charge in [0.25, 0.3) is 0 Å². The molecule has 1 fully saturated rings. The maximum Gasteiger partial charge on any atom is 0.245 e. The minimum atomic E-state index is -0.746. The predicted molar refractivity (Wildman–Crippen MR) is 209 cm³/mol. The van der Waals surface area contributed by atoms with Crippen molar-refractivity contribution in [2.75, 3.05) is 48.5 Å². The number of aliphatic hydroxyl groups is 1. The van der Waals surface area contributed by atoms with E-state index in [0.29, 0.717) is 19.4 Å². The Morgan fingerprint density at radius 2 is 1.57 bits per heavy atom. The Balaban J connectivity index is 2.20. The van der Waals surface area contributed by atoms with E-state index in [1.807, 2.05) is 88.8 Å². The number of hydrogen-bond acceptors (Lipinski definition) is 8. The highest BCUT2D eigenvalue weighted by Crippen LogP contribution is 2.29. The number of methoxy groups -OCH3 is 2. The van der Waals surface area contributed by atoms with Crippen LogP contribution in [-0.2, 0) is 35.1 Å². The number of aliphatic hydroxyl groups excluding tert-OH is 1. The summed E-state index contributed by atoms with van der Waals surface area (Å²) in [5.41, 5.74) is 1.03. The van der Waals surface area contributed by atoms with Crippen molar-refractivity contribution in [1.82, 2.24) is 25.3 Å². The fourth-order valence-electron chi connectivity index (χ4n) is 7.88. The van der Waals surface area contributed by atoms with E-state index in [2.05, 4.69) is 24.5 Å². The number of nitrogens with one attached hydrogen (secondary N) is 2. The zero-order valence-electron chi connectivity index (χ0n) is 34.6. The summed E-state index contributed by atoms with van der Waals surface area (Å²) < 4.78 is 12.0. The molecule has 7 unspecified atom stereocenters. The highest BCUT2D eigenvalue weighted by molar-refractivity contribution is 5.90. The number of carbonyl (C=O) groups is 4. The molecule has 9 atom stereocenters. The molecule has 0 radical (unpaired) electrons. The van der Waals surface area contributed by atoms with E-state index >= 15 is 0 Å². The van der Waals surface area contributed by atoms with Gasteiger partial charge < -0.3 is 35.0 Å². The van der Waals surface area contributed by atoms with Crippen molar-refractivity contribution in [2.45, 2.75) is 129 Å². The topological polar surface area (TPSA) is 141 Å². The number of likely N-dealkylation sites (tertiary alicyclic amines) is 1. The summed E-state index contributed by atoms with van der Waals surface area (Å²) in [6.07, 6.45) is 2.36. The fraction of sp³-hybridized carbons (Fsp3) is 0.756. The van der Waals surface area contributed by atoms with Gasteiger partial charge in [0.1, 0.15) is 6.04 Å². The molecule has 0 spiro atoms. The standard InChI is InChI=1S/C41H71N5O7/c1-13-28(6)38(45(10)41(51)36(26(2)3)43-40(50)37(27(4)5)44(8)9)34(53-12)24-35(48)46-21-17-20-32(46)33(52-11)22-29(7)39(49)42-31(25-47)23-30-18-15-14-16-19-30/h14-16,18-19,26-29,31-34,36-38,47H,13,17,20-25H2,1-12H3,(H,42,49)(H,43,50)/t28?,29?,31-,32?,33?,34?,36+,37?,38?/m1/s1. The van der Waals surface area contributed by atoms with Gasteiger partial charge in [-0.3, -0.25) is 24.1 Å². The molecule has 1 aromatic rings. The lowest BCUT2D eigenvalue weighted by Crippen LogP contribution is -2.59. The van der Waals surface area contributed by atoms with Crippen LogP contribution in [0.1, 0.15) is 86.1 Å². The first kappa shape index (κ1) is 46.1. The number of amides is 4. The Labute approximate surface area is 319 Å². The van der Waals surface area contributed by atoms with Gasteiger partial charge in [-0.05, 0) is 63.1 Å². The van der Waals surface area contributed by atoms with Gasteiger partial charge in [-0.2, -0.15) is 0 Å². The molecule has 0 bridgehead atoms. The molecule has 1 aliphatic heterocycles. The summed E-state index contributed by atoms with van der Waals surface area (Å²) >= 11 is 0. The molecule has 12 heteroatoms. The number of rotatable bonds is 22. The number of nitrogens with zero attached hydrogens (tertiary/aromatic N) is 3. The average molecular weight is 746 g/mol. The molecule has 1 aliphatic rings. The second-order valence-corrected chi connectivity index (χ2v) is 16.0. The van der Waals surface area contributed by atoms with Crippen LogP contribution in [0.3, 0.4) is 0 Å². The second kappa shape index (κ2) is 22.4. The van der Waals surface area contributed by atoms with Crippen molar-refractivity contribution in [3.05, 3.63) is 35.9 Å². The van der Waals surface area contributed by atoms with Gasteiger partial charge in [0.2, 0.25) is 23.6 Å². The largest absolute Gasteiger partial charge is 0.394 e. The van der Waals surface area contributed by atoms with Gasteiger partial charge in [-0.15, -0.1) is 0 Å². The van der Waals surface area contributed by atoms with E-state index in [1.54, 1.807) is 26.2 Å². The van der Waals surface area contributed by atoms with Crippen LogP contribution in [-0.4, -0.2) is 134 Å². The van der Waals surface area contributed by atoms with Crippen LogP contribution in [0.25, 0.3) is 0 Å². The molecule has 1 heterocycles. The SMILES string of the molecule is CCC(C)C(C(CC(=O)N1CCCC1C(CC(C)C(=O)N[C@@H](CO)Cc1ccccc1)OC)OC)N(C)C(=O)[C@@H](NC(=O)C(C(C)C)N(C)C)C(C)C. The third-order valence-electron chi connectivity index (χ3n) is 11.0. The molecule has 302 valence electrons. The molecular weight excluding hydrogens is 674 g/mol. The smallest absolute Gasteiger partial charge is 0.245 e. The quantitative estimate of drug-likeness (QED) is 0.163. The van der Waals surface area contributed by atoms with E-state index in [1.165, 1.54) is 0 Å². The second-order valence-electron chi connectivity index (χ2n) is 16.0. The lowest BCUT2D eigenvalue weighted by atomic mass is 9.89. The number of benzene rings is 1. The Hall–Kier alpha value is -3.06. The van der Waals surface area contributed by atoms with Crippen molar-refractivity contribution in [3.63, 3.8) is 0 Å². The number of carbonyl (C=O) groups excluding carboxylic acids is 4. The monoisotopic (exact) mass is 746 g/mol. The van der Waals surface area contributed by atoms with Crippen molar-refractivity contribution in [3.8, 4) is 0 Å². The van der Waals surface area contributed by atoms with Crippen molar-refractivity contribution in [1.29, 1.82) is 0 Å². The number of ether oxygens (including phenoxy) is 2. The molecule has 53 heavy (non-hydrogen) atoms. The van der Waals surface area contributed by atoms with Gasteiger partial charge in [0.15, 0.2) is 0 Å². The molecule has 3 N–H and O–H groups in total. The van der Waals surface area contributed by atoms with Crippen LogP contribution < -0.4 is 10.6 Å². The lowest BCUT2D eigenvalue weighted by Gasteiger charge is -2.41. The van der Waals surface area contributed by atoms with Crippen molar-refractivity contribution in [2.24, 2.45) is 23.7 Å². The summed E-state index contributed by atoms with van der Waals surface area (Å²) in [5.74, 6) is -1.18. The first-order chi connectivity index (χ1) is 25.0. The highest BCUT2D eigenvalue weighted by Gasteiger charge is 2.42. The van der Waals surface area contributed by atoms with Gasteiger partial charge >= 0.3 is 0 Å². The van der Waals surface area contributed by atoms with Gasteiger partial charge in [-0.25, -0.2) is 0 Å². The molecular formula is C41H71N5O7. The molecule has 1 saturated heterocycles. The zero-order chi connectivity index (χ0) is 40.0. The minimum absolute atomic E-state index is 0.000463. The Morgan fingerprint density at radius 3 is 2.08 bits per heavy atom. The van der Waals surface area contributed by atoms with Gasteiger partial charge in [0, 0.05) is 33.7 Å². The summed E-state index contributed by atoms with van der Waals surface area (Å²) in [6.45, 7) is 14.2. The van der Waals surface area contributed by atoms with E-state index in [-0.39, 0.29) is 72.6 Å². The Bertz CT molecular complexity index is 1270. The van der Waals surface area contributed by atoms with Crippen LogP contribution >= 0.6 is 0 Å². The van der Waals surface area contributed by atoms with E-state index in [4.69, 9.17) is 9.47 Å². The Morgan fingerprint density at radius 1 is 0.925 bits per heavy atom. The summed E-state index contributed by atoms with van der Waals surface area (Å²) in [4.78, 5) is 60.4. The molecule has 0 aromatic heterocycles. The van der Waals surface area contributed by atoms with E-state index in [9.17, 15) is 24.3 Å². The van der Waals surface area contributed by atoms with Crippen molar-refractivity contribution < 1.29 is 33.8 Å². The summed E-state index contributed by atoms with van der Waals surface area (Å²) in [6, 6.07) is 7.55. The average Bonchev–Trinajstić information content (AvgIpc) is 3.61. The molecule has 4 amide bonds. The fourth-order valence-corrected chi connectivity index (χ4v) is 7.88. The van der Waals surface area contributed by atoms with Crippen LogP contribution in [0.2, 0.25) is 0 Å². The molecule has 0 aliphatic carbocycles. The van der Waals surface area contributed by atoms with Crippen LogP contribution in [0.5, 0.6) is 0 Å². The summed E-state index contributed by atoms with van der Waals surface area (Å²) in [5, 5.41) is 16.0. The van der Waals surface area contributed by atoms with Crippen LogP contribution in [0, 0.1) is 23.7 Å². The maximum atomic E-state index is 14.2. The number of hydrogen-bond donors (Lipinski definition) is 3. The van der Waals surface area contributed by atoms with Crippen LogP contribution in [0.4, 0.5) is 0 Å². The summed E-state index contributed by atoms with van der Waals surface area (Å²) in [7, 11) is 8.66. The number of likely N-dealkylation sites (N-methyl/N-ethyl adjacent to an activating group) is 2. The molecule has 2 rings (SSSR count). The van der Waals surface area contributed by atoms with Crippen molar-refractivity contribution >= 4 is 23.6 Å². The normalized spacial score (nSPS) is 19.3.